The molecule has 1 aromatic rings. The summed E-state index contributed by atoms with van der Waals surface area (Å²) >= 11 is 0. The van der Waals surface area contributed by atoms with Gasteiger partial charge in [-0.15, -0.1) is 0 Å². The lowest BCUT2D eigenvalue weighted by atomic mass is 9.95. The number of guanidine groups is 1. The Hall–Kier alpha value is -2.06. The Morgan fingerprint density at radius 1 is 1.31 bits per heavy atom. The second-order valence-corrected chi connectivity index (χ2v) is 7.89. The average Bonchev–Trinajstić information content (AvgIpc) is 3.24. The Balaban J connectivity index is 1.51. The van der Waals surface area contributed by atoms with Crippen molar-refractivity contribution in [2.75, 3.05) is 59.0 Å². The molecule has 3 N–H and O–H groups in total. The molecule has 1 aromatic heterocycles. The highest BCUT2D eigenvalue weighted by atomic mass is 16.5. The Bertz CT molecular complexity index is 628. The second kappa shape index (κ2) is 11.8. The molecule has 1 atom stereocenters. The summed E-state index contributed by atoms with van der Waals surface area (Å²) in [5, 5.41) is 3.51. The molecule has 2 fully saturated rings. The van der Waals surface area contributed by atoms with Gasteiger partial charge >= 0.3 is 0 Å². The van der Waals surface area contributed by atoms with Crippen molar-refractivity contribution in [2.24, 2.45) is 16.6 Å². The van der Waals surface area contributed by atoms with Gasteiger partial charge in [0.05, 0.1) is 19.5 Å². The van der Waals surface area contributed by atoms with E-state index >= 15 is 0 Å². The van der Waals surface area contributed by atoms with Gasteiger partial charge in [0, 0.05) is 58.7 Å². The van der Waals surface area contributed by atoms with Crippen LogP contribution in [0.1, 0.15) is 31.4 Å². The lowest BCUT2D eigenvalue weighted by molar-refractivity contribution is -0.119. The Kier molecular flexibility index (Phi) is 8.82. The number of hydrogen-bond acceptors (Lipinski definition) is 5. The first kappa shape index (κ1) is 21.6. The number of rotatable bonds is 9. The van der Waals surface area contributed by atoms with E-state index in [0.29, 0.717) is 12.3 Å². The molecule has 0 aliphatic carbocycles. The van der Waals surface area contributed by atoms with Gasteiger partial charge in [-0.05, 0) is 37.3 Å². The zero-order valence-electron chi connectivity index (χ0n) is 17.4. The Morgan fingerprint density at radius 2 is 2.17 bits per heavy atom. The third-order valence-corrected chi connectivity index (χ3v) is 5.54. The fourth-order valence-electron chi connectivity index (χ4n) is 4.03. The number of amides is 1. The van der Waals surface area contributed by atoms with Gasteiger partial charge in [0.25, 0.3) is 0 Å². The maximum absolute atomic E-state index is 11.3. The van der Waals surface area contributed by atoms with Crippen LogP contribution in [0.2, 0.25) is 0 Å². The lowest BCUT2D eigenvalue weighted by Gasteiger charge is -2.35. The van der Waals surface area contributed by atoms with Crippen molar-refractivity contribution in [1.82, 2.24) is 15.1 Å². The highest BCUT2D eigenvalue weighted by Gasteiger charge is 2.23. The minimum Gasteiger partial charge on any atom is -0.469 e. The zero-order chi connectivity index (χ0) is 20.3. The van der Waals surface area contributed by atoms with Crippen LogP contribution in [0.5, 0.6) is 0 Å². The summed E-state index contributed by atoms with van der Waals surface area (Å²) < 4.78 is 10.8. The van der Waals surface area contributed by atoms with Crippen LogP contribution in [0.4, 0.5) is 0 Å². The van der Waals surface area contributed by atoms with E-state index in [1.54, 1.807) is 6.26 Å². The summed E-state index contributed by atoms with van der Waals surface area (Å²) in [5.41, 5.74) is 5.42. The predicted octanol–water partition coefficient (Wildman–Crippen LogP) is 1.08. The Labute approximate surface area is 173 Å². The van der Waals surface area contributed by atoms with E-state index in [1.165, 1.54) is 0 Å². The minimum atomic E-state index is -0.216. The molecule has 0 aromatic carbocycles. The molecule has 1 unspecified atom stereocenters. The van der Waals surface area contributed by atoms with Crippen LogP contribution in [-0.4, -0.2) is 80.7 Å². The van der Waals surface area contributed by atoms with E-state index in [2.05, 4.69) is 15.1 Å². The Morgan fingerprint density at radius 3 is 2.93 bits per heavy atom. The summed E-state index contributed by atoms with van der Waals surface area (Å²) in [6.07, 6.45) is 6.11. The van der Waals surface area contributed by atoms with Crippen LogP contribution < -0.4 is 11.1 Å². The number of nitrogens with two attached hydrogens (primary N) is 1. The van der Waals surface area contributed by atoms with Gasteiger partial charge in [0.1, 0.15) is 5.76 Å². The lowest BCUT2D eigenvalue weighted by Crippen LogP contribution is -2.47. The van der Waals surface area contributed by atoms with Crippen LogP contribution >= 0.6 is 0 Å². The van der Waals surface area contributed by atoms with Gasteiger partial charge in [-0.25, -0.2) is 0 Å². The maximum Gasteiger partial charge on any atom is 0.217 e. The normalized spacial score (nSPS) is 21.3. The average molecular weight is 406 g/mol. The van der Waals surface area contributed by atoms with Gasteiger partial charge in [-0.2, -0.15) is 0 Å². The predicted molar refractivity (Wildman–Crippen MR) is 113 cm³/mol. The van der Waals surface area contributed by atoms with Crippen molar-refractivity contribution in [3.63, 3.8) is 0 Å². The van der Waals surface area contributed by atoms with Crippen LogP contribution in [0.25, 0.3) is 0 Å². The number of furan rings is 1. The third kappa shape index (κ3) is 7.70. The molecule has 2 aliphatic heterocycles. The molecule has 3 heterocycles. The summed E-state index contributed by atoms with van der Waals surface area (Å²) in [6, 6.07) is 3.90. The highest BCUT2D eigenvalue weighted by Crippen LogP contribution is 2.19. The van der Waals surface area contributed by atoms with Crippen molar-refractivity contribution in [2.45, 2.75) is 32.1 Å². The van der Waals surface area contributed by atoms with Crippen molar-refractivity contribution in [3.8, 4) is 0 Å². The number of likely N-dealkylation sites (tertiary alicyclic amines) is 1. The van der Waals surface area contributed by atoms with Crippen LogP contribution in [0, 0.1) is 5.92 Å². The smallest absolute Gasteiger partial charge is 0.217 e. The molecular weight excluding hydrogens is 370 g/mol. The molecule has 1 amide bonds. The number of primary amides is 1. The molecule has 162 valence electrons. The molecule has 0 bridgehead atoms. The third-order valence-electron chi connectivity index (χ3n) is 5.54. The molecule has 29 heavy (non-hydrogen) atoms. The number of morpholine rings is 1. The molecule has 8 nitrogen and oxygen atoms in total. The standard InChI is InChI=1S/C21H35N5O3/c22-20(27)16-18-4-1-10-26(17-18)21(24-8-6-19-5-2-13-29-19)23-7-3-9-25-11-14-28-15-12-25/h2,5,13,18H,1,3-4,6-12,14-17H2,(H2,22,27)(H,23,24). The topological polar surface area (TPSA) is 96.3 Å². The molecule has 2 aliphatic rings. The number of hydrogen-bond donors (Lipinski definition) is 2. The van der Waals surface area contributed by atoms with Crippen LogP contribution in [0.3, 0.4) is 0 Å². The first-order valence-corrected chi connectivity index (χ1v) is 10.8. The van der Waals surface area contributed by atoms with Gasteiger partial charge < -0.3 is 25.1 Å². The van der Waals surface area contributed by atoms with E-state index in [9.17, 15) is 4.79 Å². The van der Waals surface area contributed by atoms with Crippen molar-refractivity contribution in [1.29, 1.82) is 0 Å². The summed E-state index contributed by atoms with van der Waals surface area (Å²) in [6.45, 7) is 8.10. The van der Waals surface area contributed by atoms with E-state index in [0.717, 1.165) is 96.4 Å². The van der Waals surface area contributed by atoms with E-state index in [-0.39, 0.29) is 5.91 Å². The SMILES string of the molecule is NC(=O)CC1CCCN(C(=NCCCN2CCOCC2)NCCc2ccco2)C1. The van der Waals surface area contributed by atoms with Gasteiger partial charge in [-0.1, -0.05) is 0 Å². The van der Waals surface area contributed by atoms with E-state index in [4.69, 9.17) is 19.9 Å². The summed E-state index contributed by atoms with van der Waals surface area (Å²) in [7, 11) is 0. The van der Waals surface area contributed by atoms with Gasteiger partial charge in [0.15, 0.2) is 5.96 Å². The highest BCUT2D eigenvalue weighted by molar-refractivity contribution is 5.80. The molecule has 0 saturated carbocycles. The van der Waals surface area contributed by atoms with E-state index in [1.807, 2.05) is 12.1 Å². The first-order valence-electron chi connectivity index (χ1n) is 10.8. The largest absolute Gasteiger partial charge is 0.469 e. The van der Waals surface area contributed by atoms with Crippen molar-refractivity contribution < 1.29 is 13.9 Å². The monoisotopic (exact) mass is 405 g/mol. The number of aliphatic imine (C=N–C) groups is 1. The molecule has 8 heteroatoms. The second-order valence-electron chi connectivity index (χ2n) is 7.89. The van der Waals surface area contributed by atoms with E-state index < -0.39 is 0 Å². The molecule has 2 saturated heterocycles. The van der Waals surface area contributed by atoms with Crippen LogP contribution in [0.15, 0.2) is 27.8 Å². The molecular formula is C21H35N5O3. The van der Waals surface area contributed by atoms with Gasteiger partial charge in [0.2, 0.25) is 5.91 Å². The number of nitrogens with one attached hydrogen (secondary N) is 1. The fourth-order valence-corrected chi connectivity index (χ4v) is 4.03. The molecule has 0 radical (unpaired) electrons. The summed E-state index contributed by atoms with van der Waals surface area (Å²) in [4.78, 5) is 21.0. The summed E-state index contributed by atoms with van der Waals surface area (Å²) in [5.74, 6) is 2.00. The van der Waals surface area contributed by atoms with Gasteiger partial charge in [-0.3, -0.25) is 14.7 Å². The minimum absolute atomic E-state index is 0.216. The number of nitrogens with zero attached hydrogens (tertiary/aromatic N) is 3. The fraction of sp³-hybridized carbons (Fsp3) is 0.714. The van der Waals surface area contributed by atoms with Crippen LogP contribution in [-0.2, 0) is 16.0 Å². The maximum atomic E-state index is 11.3. The zero-order valence-corrected chi connectivity index (χ0v) is 17.4. The number of carbonyl (C=O) groups excluding carboxylic acids is 1. The first-order chi connectivity index (χ1) is 14.2. The van der Waals surface area contributed by atoms with Crippen molar-refractivity contribution in [3.05, 3.63) is 24.2 Å². The molecule has 3 rings (SSSR count). The number of carbonyl (C=O) groups is 1. The van der Waals surface area contributed by atoms with Crippen molar-refractivity contribution >= 4 is 11.9 Å². The number of piperidine rings is 1. The molecule has 0 spiro atoms. The number of ether oxygens (including phenoxy) is 1. The quantitative estimate of drug-likeness (QED) is 0.363.